The van der Waals surface area contributed by atoms with E-state index in [1.165, 1.54) is 82.6 Å². The van der Waals surface area contributed by atoms with Crippen molar-refractivity contribution < 1.29 is 23.9 Å². The number of likely N-dealkylation sites (N-methyl/N-ethyl adjacent to an activating group) is 1. The van der Waals surface area contributed by atoms with Crippen LogP contribution in [-0.4, -0.2) is 96.6 Å². The quantitative estimate of drug-likeness (QED) is 0.0705. The molecule has 9 N–H and O–H groups in total. The average Bonchev–Trinajstić information content (AvgIpc) is 4.56. The molecule has 18 nitrogen and oxygen atoms in total. The molecule has 456 valence electrons. The molecule has 0 unspecified atom stereocenters. The standard InChI is InChI=1S/C26H30N4O2.C15H19N3O2.C12H14BrN3O.C12H16BrN3.ClH/c1-18-21-7-3-4-8-22(21)32-23(18)16-30(2)24(31)10-9-19-13-20-15-29-26(11-5-6-12-26)17-28-25(20)27-14-19;19-13(20)4-3-11-7-12-9-18-15(5-1-2-6-15)10-17-14(12)16-8-11;13-9-5-8-6-15-12(3-1-2-4-12)11(17)16-10(8)14-7-9;13-10-5-9-6-16-12(3-1-2-4-12)8-15-11(9)14-7-10;/h3-4,7-10,13-14,29H,5-6,11-12,15-17H2,1-2H3,(H,27,28);3-4,7-8,18H,1-2,5-6,9-10H2,(H,16,17)(H,19,20);5,7,15H,1-4,6H2,(H,14,16,17);5,7,16H,1-4,6,8H2,(H,14,15);1H/b10-9+;4-3+;;;. The molecule has 1 aromatic carbocycles. The predicted molar refractivity (Wildman–Crippen MR) is 349 cm³/mol. The number of benzene rings is 1. The molecule has 86 heavy (non-hydrogen) atoms. The lowest BCUT2D eigenvalue weighted by atomic mass is 9.97. The molecule has 4 spiro atoms. The maximum absolute atomic E-state index is 12.7. The molecule has 6 aromatic rings. The molecule has 14 rings (SSSR count). The van der Waals surface area contributed by atoms with Crippen molar-refractivity contribution in [2.45, 2.75) is 165 Å². The van der Waals surface area contributed by atoms with E-state index in [1.807, 2.05) is 61.8 Å². The first-order valence-corrected chi connectivity index (χ1v) is 31.9. The van der Waals surface area contributed by atoms with Crippen LogP contribution in [0.25, 0.3) is 23.1 Å². The Morgan fingerprint density at radius 1 is 0.605 bits per heavy atom. The summed E-state index contributed by atoms with van der Waals surface area (Å²) in [5.74, 6) is 3.47. The lowest BCUT2D eigenvalue weighted by molar-refractivity contribution is -0.131. The number of para-hydroxylation sites is 1. The van der Waals surface area contributed by atoms with Crippen molar-refractivity contribution >= 4 is 108 Å². The van der Waals surface area contributed by atoms with Crippen molar-refractivity contribution in [3.05, 3.63) is 139 Å². The Labute approximate surface area is 526 Å². The minimum atomic E-state index is -0.943. The number of carbonyl (C=O) groups excluding carboxylic acids is 2. The third-order valence-corrected chi connectivity index (χ3v) is 19.4. The summed E-state index contributed by atoms with van der Waals surface area (Å²) >= 11 is 6.88. The van der Waals surface area contributed by atoms with Crippen molar-refractivity contribution in [1.82, 2.24) is 46.1 Å². The first-order chi connectivity index (χ1) is 41.2. The van der Waals surface area contributed by atoms with E-state index in [1.54, 1.807) is 36.5 Å². The van der Waals surface area contributed by atoms with Crippen LogP contribution >= 0.6 is 44.3 Å². The number of carboxylic acid groups (broad SMARTS) is 1. The third kappa shape index (κ3) is 15.0. The van der Waals surface area contributed by atoms with Crippen LogP contribution < -0.4 is 42.5 Å². The highest BCUT2D eigenvalue weighted by Crippen LogP contribution is 2.37. The zero-order valence-electron chi connectivity index (χ0n) is 49.2. The second-order valence-electron chi connectivity index (χ2n) is 24.4. The van der Waals surface area contributed by atoms with E-state index in [0.29, 0.717) is 24.4 Å². The first-order valence-electron chi connectivity index (χ1n) is 30.3. The van der Waals surface area contributed by atoms with Crippen LogP contribution in [0.1, 0.15) is 147 Å². The number of hydrogen-bond acceptors (Lipinski definition) is 15. The normalized spacial score (nSPS) is 19.8. The molecule has 0 saturated heterocycles. The number of aryl methyl sites for hydroxylation is 1. The van der Waals surface area contributed by atoms with Gasteiger partial charge in [0, 0.05) is 149 Å². The van der Waals surface area contributed by atoms with E-state index in [0.717, 1.165) is 148 Å². The number of aliphatic carboxylic acids is 1. The molecule has 5 aromatic heterocycles. The van der Waals surface area contributed by atoms with E-state index in [4.69, 9.17) is 9.52 Å². The number of anilines is 4. The Bertz CT molecular complexity index is 3460. The maximum Gasteiger partial charge on any atom is 0.328 e. The van der Waals surface area contributed by atoms with Gasteiger partial charge in [-0.05, 0) is 144 Å². The SMILES string of the molecule is Brc1cnc2c(c1)CNC1(CCCC1)CN2.Cc1c(CN(C)C(=O)/C=C/c2cnc3c(c2)CNC2(CCCC2)CN3)oc2ccccc12.Cl.O=C(O)/C=C/c1cnc2c(c1)CNC1(CCCC1)CN2.O=C1Nc2ncc(Br)cc2CNC12CCCC2. The molecule has 8 aliphatic rings. The van der Waals surface area contributed by atoms with Crippen molar-refractivity contribution in [2.75, 3.05) is 47.9 Å². The number of amides is 2. The summed E-state index contributed by atoms with van der Waals surface area (Å²) < 4.78 is 7.95. The number of pyridine rings is 4. The summed E-state index contributed by atoms with van der Waals surface area (Å²) in [4.78, 5) is 54.9. The zero-order valence-corrected chi connectivity index (χ0v) is 53.2. The zero-order chi connectivity index (χ0) is 59.0. The number of nitrogens with one attached hydrogen (secondary N) is 8. The van der Waals surface area contributed by atoms with Gasteiger partial charge in [0.05, 0.1) is 12.1 Å². The number of carboxylic acids is 1. The molecule has 2 amide bonds. The lowest BCUT2D eigenvalue weighted by Gasteiger charge is -2.28. The number of aromatic nitrogens is 4. The smallest absolute Gasteiger partial charge is 0.328 e. The van der Waals surface area contributed by atoms with E-state index >= 15 is 0 Å². The molecule has 0 atom stereocenters. The Morgan fingerprint density at radius 2 is 1.03 bits per heavy atom. The van der Waals surface area contributed by atoms with Crippen molar-refractivity contribution in [3.63, 3.8) is 0 Å². The summed E-state index contributed by atoms with van der Waals surface area (Å²) in [6.07, 6.45) is 32.6. The predicted octanol–water partition coefficient (Wildman–Crippen LogP) is 11.9. The molecule has 4 fully saturated rings. The minimum Gasteiger partial charge on any atom is -0.478 e. The van der Waals surface area contributed by atoms with E-state index in [2.05, 4.69) is 106 Å². The fraction of sp³-hybridized carbons (Fsp3) is 0.462. The van der Waals surface area contributed by atoms with Gasteiger partial charge in [-0.2, -0.15) is 0 Å². The molecule has 4 saturated carbocycles. The van der Waals surface area contributed by atoms with Crippen LogP contribution in [0.4, 0.5) is 23.3 Å². The number of fused-ring (bicyclic) bond motifs is 5. The topological polar surface area (TPSA) is 236 Å². The summed E-state index contributed by atoms with van der Waals surface area (Å²) in [6, 6.07) is 16.2. The van der Waals surface area contributed by atoms with Crippen LogP contribution in [0.5, 0.6) is 0 Å². The van der Waals surface area contributed by atoms with Crippen molar-refractivity contribution in [2.24, 2.45) is 0 Å². The fourth-order valence-electron chi connectivity index (χ4n) is 13.4. The van der Waals surface area contributed by atoms with Gasteiger partial charge in [0.2, 0.25) is 11.8 Å². The van der Waals surface area contributed by atoms with Gasteiger partial charge in [0.1, 0.15) is 34.6 Å². The number of furan rings is 1. The van der Waals surface area contributed by atoms with Crippen LogP contribution in [0, 0.1) is 6.92 Å². The molecule has 4 aliphatic heterocycles. The van der Waals surface area contributed by atoms with Gasteiger partial charge in [-0.15, -0.1) is 12.4 Å². The molecular formula is C65H80Br2ClN13O5. The van der Waals surface area contributed by atoms with E-state index < -0.39 is 5.97 Å². The summed E-state index contributed by atoms with van der Waals surface area (Å²) in [5.41, 5.74) is 8.58. The number of carbonyl (C=O) groups is 3. The highest BCUT2D eigenvalue weighted by atomic mass is 79.9. The van der Waals surface area contributed by atoms with Gasteiger partial charge in [-0.3, -0.25) is 14.9 Å². The van der Waals surface area contributed by atoms with E-state index in [9.17, 15) is 14.4 Å². The molecular weight excluding hydrogens is 1240 g/mol. The number of nitrogens with zero attached hydrogens (tertiary/aromatic N) is 5. The van der Waals surface area contributed by atoms with Crippen molar-refractivity contribution in [1.29, 1.82) is 0 Å². The minimum absolute atomic E-state index is 0. The van der Waals surface area contributed by atoms with Crippen LogP contribution in [0.2, 0.25) is 0 Å². The highest BCUT2D eigenvalue weighted by Gasteiger charge is 2.43. The fourth-order valence-corrected chi connectivity index (χ4v) is 14.2. The molecule has 4 aliphatic carbocycles. The average molecular weight is 1320 g/mol. The summed E-state index contributed by atoms with van der Waals surface area (Å²) in [5, 5.41) is 37.7. The van der Waals surface area contributed by atoms with Crippen LogP contribution in [-0.2, 0) is 47.1 Å². The Hall–Kier alpha value is -6.26. The van der Waals surface area contributed by atoms with Gasteiger partial charge >= 0.3 is 5.97 Å². The van der Waals surface area contributed by atoms with Gasteiger partial charge in [-0.1, -0.05) is 69.6 Å². The first kappa shape index (κ1) is 62.8. The number of hydrogen-bond donors (Lipinski definition) is 9. The third-order valence-electron chi connectivity index (χ3n) is 18.5. The molecule has 0 radical (unpaired) electrons. The molecule has 0 bridgehead atoms. The summed E-state index contributed by atoms with van der Waals surface area (Å²) in [6.45, 7) is 8.52. The van der Waals surface area contributed by atoms with Gasteiger partial charge in [0.15, 0.2) is 0 Å². The Kier molecular flexibility index (Phi) is 20.3. The van der Waals surface area contributed by atoms with E-state index in [-0.39, 0.29) is 40.8 Å². The number of rotatable bonds is 6. The Morgan fingerprint density at radius 3 is 1.53 bits per heavy atom. The second kappa shape index (κ2) is 27.8. The van der Waals surface area contributed by atoms with Crippen LogP contribution in [0.3, 0.4) is 0 Å². The highest BCUT2D eigenvalue weighted by molar-refractivity contribution is 9.10. The molecule has 9 heterocycles. The van der Waals surface area contributed by atoms with Gasteiger partial charge in [-0.25, -0.2) is 24.7 Å². The van der Waals surface area contributed by atoms with Gasteiger partial charge < -0.3 is 51.6 Å². The summed E-state index contributed by atoms with van der Waals surface area (Å²) in [7, 11) is 1.80. The number of halogens is 3. The maximum atomic E-state index is 12.7. The second-order valence-corrected chi connectivity index (χ2v) is 26.2. The Balaban J connectivity index is 0.000000132. The van der Waals surface area contributed by atoms with Gasteiger partial charge in [0.25, 0.3) is 0 Å². The largest absolute Gasteiger partial charge is 0.478 e. The monoisotopic (exact) mass is 1320 g/mol. The van der Waals surface area contributed by atoms with Crippen molar-refractivity contribution in [3.8, 4) is 0 Å². The molecule has 21 heteroatoms. The van der Waals surface area contributed by atoms with Crippen LogP contribution in [0.15, 0.2) is 98.8 Å². The lowest BCUT2D eigenvalue weighted by Crippen LogP contribution is -2.50.